The molecule has 2 rings (SSSR count). The Morgan fingerprint density at radius 1 is 0.950 bits per heavy atom. The van der Waals surface area contributed by atoms with Gasteiger partial charge in [0.05, 0.1) is 12.7 Å². The third-order valence-corrected chi connectivity index (χ3v) is 3.13. The molecule has 0 atom stereocenters. The van der Waals surface area contributed by atoms with Crippen LogP contribution in [0.2, 0.25) is 0 Å². The van der Waals surface area contributed by atoms with Gasteiger partial charge >= 0.3 is 0 Å². The first-order valence-corrected chi connectivity index (χ1v) is 6.34. The smallest absolute Gasteiger partial charge is 0.237 e. The van der Waals surface area contributed by atoms with Crippen LogP contribution in [-0.4, -0.2) is 18.7 Å². The van der Waals surface area contributed by atoms with E-state index in [1.165, 1.54) is 7.11 Å². The Bertz CT molecular complexity index is 657. The van der Waals surface area contributed by atoms with Crippen molar-refractivity contribution in [3.63, 3.8) is 0 Å². The fourth-order valence-electron chi connectivity index (χ4n) is 2.21. The lowest BCUT2D eigenvalue weighted by Crippen LogP contribution is -2.17. The molecule has 0 N–H and O–H groups in total. The molecule has 0 unspecified atom stereocenters. The van der Waals surface area contributed by atoms with Crippen LogP contribution in [0.1, 0.15) is 31.8 Å². The number of carbonyl (C=O) groups excluding carboxylic acids is 2. The van der Waals surface area contributed by atoms with Gasteiger partial charge in [-0.3, -0.25) is 9.59 Å². The highest BCUT2D eigenvalue weighted by atomic mass is 16.5. The monoisotopic (exact) mass is 268 g/mol. The molecule has 0 bridgehead atoms. The zero-order valence-corrected chi connectivity index (χ0v) is 11.8. The summed E-state index contributed by atoms with van der Waals surface area (Å²) in [5, 5.41) is 0. The Balaban J connectivity index is 2.47. The maximum absolute atomic E-state index is 12.4. The second-order valence-electron chi connectivity index (χ2n) is 4.68. The Morgan fingerprint density at radius 3 is 2.20 bits per heavy atom. The summed E-state index contributed by atoms with van der Waals surface area (Å²) in [6.07, 6.45) is 0. The van der Waals surface area contributed by atoms with Crippen LogP contribution in [-0.2, 0) is 0 Å². The SMILES string of the molecule is COc1cc(C)cc(C)c1C(=O)C(=O)c1ccccc1. The van der Waals surface area contributed by atoms with Gasteiger partial charge in [-0.2, -0.15) is 0 Å². The molecule has 0 aromatic heterocycles. The van der Waals surface area contributed by atoms with Gasteiger partial charge in [0, 0.05) is 5.56 Å². The third-order valence-electron chi connectivity index (χ3n) is 3.13. The van der Waals surface area contributed by atoms with Crippen molar-refractivity contribution in [2.24, 2.45) is 0 Å². The van der Waals surface area contributed by atoms with Gasteiger partial charge in [-0.25, -0.2) is 0 Å². The van der Waals surface area contributed by atoms with Crippen molar-refractivity contribution in [2.45, 2.75) is 13.8 Å². The van der Waals surface area contributed by atoms with Crippen LogP contribution < -0.4 is 4.74 Å². The number of hydrogen-bond donors (Lipinski definition) is 0. The molecule has 0 aliphatic carbocycles. The molecule has 0 saturated carbocycles. The van der Waals surface area contributed by atoms with E-state index in [1.807, 2.05) is 13.0 Å². The summed E-state index contributed by atoms with van der Waals surface area (Å²) in [6.45, 7) is 3.73. The average molecular weight is 268 g/mol. The van der Waals surface area contributed by atoms with E-state index in [4.69, 9.17) is 4.74 Å². The largest absolute Gasteiger partial charge is 0.496 e. The molecule has 0 saturated heterocycles. The molecule has 0 amide bonds. The lowest BCUT2D eigenvalue weighted by Gasteiger charge is -2.11. The standard InChI is InChI=1S/C17H16O3/c1-11-9-12(2)15(14(10-11)20-3)17(19)16(18)13-7-5-4-6-8-13/h4-10H,1-3H3. The minimum atomic E-state index is -0.537. The van der Waals surface area contributed by atoms with E-state index < -0.39 is 11.6 Å². The third kappa shape index (κ3) is 2.62. The van der Waals surface area contributed by atoms with E-state index in [1.54, 1.807) is 43.3 Å². The van der Waals surface area contributed by atoms with E-state index in [9.17, 15) is 9.59 Å². The summed E-state index contributed by atoms with van der Waals surface area (Å²) >= 11 is 0. The molecule has 0 radical (unpaired) electrons. The lowest BCUT2D eigenvalue weighted by molar-refractivity contribution is 0.0814. The van der Waals surface area contributed by atoms with Gasteiger partial charge in [-0.1, -0.05) is 36.4 Å². The maximum atomic E-state index is 12.4. The first-order valence-electron chi connectivity index (χ1n) is 6.34. The predicted octanol–water partition coefficient (Wildman–Crippen LogP) is 3.38. The van der Waals surface area contributed by atoms with Crippen LogP contribution >= 0.6 is 0 Å². The number of aryl methyl sites for hydroxylation is 2. The number of Topliss-reactive ketones (excluding diaryl/α,β-unsaturated/α-hetero) is 2. The van der Waals surface area contributed by atoms with Gasteiger partial charge in [0.25, 0.3) is 0 Å². The van der Waals surface area contributed by atoms with E-state index in [0.29, 0.717) is 16.9 Å². The van der Waals surface area contributed by atoms with Gasteiger partial charge in [0.15, 0.2) is 0 Å². The summed E-state index contributed by atoms with van der Waals surface area (Å²) in [7, 11) is 1.50. The van der Waals surface area contributed by atoms with Gasteiger partial charge in [-0.05, 0) is 31.0 Å². The van der Waals surface area contributed by atoms with Crippen LogP contribution in [0.3, 0.4) is 0 Å². The first-order chi connectivity index (χ1) is 9.54. The van der Waals surface area contributed by atoms with E-state index in [0.717, 1.165) is 11.1 Å². The molecule has 2 aromatic rings. The summed E-state index contributed by atoms with van der Waals surface area (Å²) < 4.78 is 5.24. The predicted molar refractivity (Wildman–Crippen MR) is 77.6 cm³/mol. The second-order valence-corrected chi connectivity index (χ2v) is 4.68. The van der Waals surface area contributed by atoms with Crippen molar-refractivity contribution in [2.75, 3.05) is 7.11 Å². The summed E-state index contributed by atoms with van der Waals surface area (Å²) in [5.74, 6) is -0.613. The van der Waals surface area contributed by atoms with Gasteiger partial charge in [0.2, 0.25) is 11.6 Å². The number of carbonyl (C=O) groups is 2. The number of ether oxygens (including phenoxy) is 1. The highest BCUT2D eigenvalue weighted by molar-refractivity contribution is 6.50. The van der Waals surface area contributed by atoms with Crippen molar-refractivity contribution in [3.8, 4) is 5.75 Å². The van der Waals surface area contributed by atoms with E-state index >= 15 is 0 Å². The molecular weight excluding hydrogens is 252 g/mol. The average Bonchev–Trinajstić information content (AvgIpc) is 2.46. The molecule has 0 aliphatic heterocycles. The fourth-order valence-corrected chi connectivity index (χ4v) is 2.21. The second kappa shape index (κ2) is 5.70. The summed E-state index contributed by atoms with van der Waals surface area (Å²) in [5.41, 5.74) is 2.46. The Hall–Kier alpha value is -2.42. The molecular formula is C17H16O3. The van der Waals surface area contributed by atoms with Crippen molar-refractivity contribution in [1.29, 1.82) is 0 Å². The number of rotatable bonds is 4. The fraction of sp³-hybridized carbons (Fsp3) is 0.176. The normalized spacial score (nSPS) is 10.2. The van der Waals surface area contributed by atoms with Crippen molar-refractivity contribution in [1.82, 2.24) is 0 Å². The molecule has 3 nitrogen and oxygen atoms in total. The van der Waals surface area contributed by atoms with Gasteiger partial charge in [-0.15, -0.1) is 0 Å². The highest BCUT2D eigenvalue weighted by Crippen LogP contribution is 2.25. The highest BCUT2D eigenvalue weighted by Gasteiger charge is 2.23. The van der Waals surface area contributed by atoms with Crippen molar-refractivity contribution >= 4 is 11.6 Å². The summed E-state index contributed by atoms with van der Waals surface area (Å²) in [6, 6.07) is 12.2. The summed E-state index contributed by atoms with van der Waals surface area (Å²) in [4.78, 5) is 24.7. The molecule has 0 spiro atoms. The van der Waals surface area contributed by atoms with Crippen LogP contribution in [0.25, 0.3) is 0 Å². The molecule has 20 heavy (non-hydrogen) atoms. The van der Waals surface area contributed by atoms with Gasteiger partial charge in [0.1, 0.15) is 5.75 Å². The number of methoxy groups -OCH3 is 1. The molecule has 2 aromatic carbocycles. The van der Waals surface area contributed by atoms with Crippen LogP contribution in [0.15, 0.2) is 42.5 Å². The molecule has 102 valence electrons. The van der Waals surface area contributed by atoms with E-state index in [-0.39, 0.29) is 0 Å². The van der Waals surface area contributed by atoms with Crippen molar-refractivity contribution in [3.05, 3.63) is 64.7 Å². The zero-order chi connectivity index (χ0) is 14.7. The first kappa shape index (κ1) is 14.0. The van der Waals surface area contributed by atoms with Crippen molar-refractivity contribution < 1.29 is 14.3 Å². The minimum Gasteiger partial charge on any atom is -0.496 e. The zero-order valence-electron chi connectivity index (χ0n) is 11.8. The number of ketones is 2. The molecule has 0 aliphatic rings. The van der Waals surface area contributed by atoms with E-state index in [2.05, 4.69) is 0 Å². The number of hydrogen-bond acceptors (Lipinski definition) is 3. The topological polar surface area (TPSA) is 43.4 Å². The lowest BCUT2D eigenvalue weighted by atomic mass is 9.96. The van der Waals surface area contributed by atoms with Crippen LogP contribution in [0.4, 0.5) is 0 Å². The van der Waals surface area contributed by atoms with Gasteiger partial charge < -0.3 is 4.74 Å². The Morgan fingerprint density at radius 2 is 1.60 bits per heavy atom. The quantitative estimate of drug-likeness (QED) is 0.630. The Labute approximate surface area is 118 Å². The minimum absolute atomic E-state index is 0.340. The molecule has 0 fully saturated rings. The molecule has 0 heterocycles. The van der Waals surface area contributed by atoms with Crippen LogP contribution in [0, 0.1) is 13.8 Å². The molecule has 3 heteroatoms. The van der Waals surface area contributed by atoms with Crippen LogP contribution in [0.5, 0.6) is 5.75 Å². The Kier molecular flexibility index (Phi) is 3.99. The maximum Gasteiger partial charge on any atom is 0.237 e. The number of benzene rings is 2.